The van der Waals surface area contributed by atoms with Crippen molar-refractivity contribution in [1.29, 1.82) is 0 Å². The van der Waals surface area contributed by atoms with Crippen LogP contribution in [0, 0.1) is 58.2 Å². The molecule has 0 spiro atoms. The van der Waals surface area contributed by atoms with Gasteiger partial charge in [-0.3, -0.25) is 0 Å². The van der Waals surface area contributed by atoms with Crippen LogP contribution in [0.3, 0.4) is 0 Å². The Morgan fingerprint density at radius 3 is 0.767 bits per heavy atom. The zero-order valence-corrected chi connectivity index (χ0v) is 18.4. The van der Waals surface area contributed by atoms with Crippen LogP contribution in [0.4, 0.5) is 43.9 Å². The number of hydrogen-bond acceptors (Lipinski definition) is 4. The van der Waals surface area contributed by atoms with Gasteiger partial charge in [-0.2, -0.15) is 0 Å². The zero-order valence-electron chi connectivity index (χ0n) is 13.7. The van der Waals surface area contributed by atoms with E-state index in [9.17, 15) is 60.7 Å². The van der Waals surface area contributed by atoms with Crippen molar-refractivity contribution < 1.29 is 112 Å². The molecular formula is C12F10KNO4S2. The minimum absolute atomic E-state index is 0. The summed E-state index contributed by atoms with van der Waals surface area (Å²) in [7, 11) is -13.0. The molecular weight excluding hydrogens is 515 g/mol. The van der Waals surface area contributed by atoms with Gasteiger partial charge in [-0.1, -0.05) is 0 Å². The Morgan fingerprint density at radius 2 is 0.567 bits per heavy atom. The maximum absolute atomic E-state index is 13.5. The Hall–Kier alpha value is -0.764. The molecule has 5 nitrogen and oxygen atoms in total. The quantitative estimate of drug-likeness (QED) is 0.258. The molecule has 0 bridgehead atoms. The van der Waals surface area contributed by atoms with Gasteiger partial charge < -0.3 is 4.13 Å². The molecule has 0 unspecified atom stereocenters. The van der Waals surface area contributed by atoms with Gasteiger partial charge in [0.25, 0.3) is 0 Å². The number of rotatable bonds is 4. The maximum Gasteiger partial charge on any atom is 1.00 e. The summed E-state index contributed by atoms with van der Waals surface area (Å²) < 4.78 is 181. The van der Waals surface area contributed by atoms with Gasteiger partial charge in [0.15, 0.2) is 46.5 Å². The SMILES string of the molecule is O=S(=O)([N-]S(=O)(=O)c1c(F)c(F)c(F)c(F)c1F)c1c(F)c(F)c(F)c(F)c1F.[K+]. The van der Waals surface area contributed by atoms with Gasteiger partial charge in [0.1, 0.15) is 29.8 Å². The zero-order chi connectivity index (χ0) is 22.6. The topological polar surface area (TPSA) is 82.4 Å². The summed E-state index contributed by atoms with van der Waals surface area (Å²) in [4.78, 5) is -5.69. The molecule has 0 aromatic heterocycles. The average Bonchev–Trinajstić information content (AvgIpc) is 2.60. The Kier molecular flexibility index (Phi) is 8.18. The third-order valence-electron chi connectivity index (χ3n) is 3.05. The van der Waals surface area contributed by atoms with Crippen LogP contribution >= 0.6 is 0 Å². The first kappa shape index (κ1) is 27.3. The van der Waals surface area contributed by atoms with Crippen LogP contribution in [0.1, 0.15) is 0 Å². The molecule has 0 saturated heterocycles. The summed E-state index contributed by atoms with van der Waals surface area (Å²) in [6.07, 6.45) is 0. The van der Waals surface area contributed by atoms with E-state index in [-0.39, 0.29) is 51.4 Å². The first-order chi connectivity index (χ1) is 13.1. The monoisotopic (exact) mass is 515 g/mol. The van der Waals surface area contributed by atoms with Crippen LogP contribution in [0.15, 0.2) is 9.79 Å². The summed E-state index contributed by atoms with van der Waals surface area (Å²) in [6, 6.07) is 0. The summed E-state index contributed by atoms with van der Waals surface area (Å²) in [6.45, 7) is 0. The number of benzene rings is 2. The molecule has 0 aliphatic rings. The molecule has 0 heterocycles. The van der Waals surface area contributed by atoms with Crippen molar-refractivity contribution in [2.45, 2.75) is 9.79 Å². The van der Waals surface area contributed by atoms with Crippen molar-refractivity contribution in [2.24, 2.45) is 0 Å². The van der Waals surface area contributed by atoms with Crippen molar-refractivity contribution in [3.63, 3.8) is 0 Å². The molecule has 0 amide bonds. The minimum Gasteiger partial charge on any atom is -0.427 e. The second-order valence-corrected chi connectivity index (χ2v) is 8.14. The molecule has 2 aromatic carbocycles. The van der Waals surface area contributed by atoms with E-state index in [4.69, 9.17) is 0 Å². The number of sulfonamides is 2. The molecule has 0 N–H and O–H groups in total. The summed E-state index contributed by atoms with van der Waals surface area (Å²) in [5, 5.41) is 0. The maximum atomic E-state index is 13.5. The summed E-state index contributed by atoms with van der Waals surface area (Å²) >= 11 is 0. The molecule has 18 heteroatoms. The summed E-state index contributed by atoms with van der Waals surface area (Å²) in [5.41, 5.74) is 0. The predicted molar refractivity (Wildman–Crippen MR) is 70.2 cm³/mol. The van der Waals surface area contributed by atoms with E-state index < -0.39 is 88.0 Å². The van der Waals surface area contributed by atoms with Gasteiger partial charge >= 0.3 is 51.4 Å². The Morgan fingerprint density at radius 1 is 0.400 bits per heavy atom. The van der Waals surface area contributed by atoms with Crippen LogP contribution in [-0.2, 0) is 20.0 Å². The predicted octanol–water partition coefficient (Wildman–Crippen LogP) is 0.533. The van der Waals surface area contributed by atoms with E-state index in [2.05, 4.69) is 0 Å². The fraction of sp³-hybridized carbons (Fsp3) is 0. The van der Waals surface area contributed by atoms with Gasteiger partial charge in [0.2, 0.25) is 11.6 Å². The number of halogens is 10. The van der Waals surface area contributed by atoms with Crippen LogP contribution in [0.2, 0.25) is 0 Å². The molecule has 2 aromatic rings. The molecule has 0 aliphatic carbocycles. The van der Waals surface area contributed by atoms with Crippen molar-refractivity contribution >= 4 is 20.0 Å². The standard InChI is InChI=1S/C12F10NO4S2.K/c13-1-3(15)7(19)11(8(20)4(1)16)28(24,25)23-29(26,27)12-9(21)5(17)2(14)6(18)10(12)22;/q-1;+1. The minimum atomic E-state index is -6.49. The molecule has 0 fully saturated rings. The molecule has 0 radical (unpaired) electrons. The Bertz CT molecular complexity index is 1110. The van der Waals surface area contributed by atoms with Crippen molar-refractivity contribution in [2.75, 3.05) is 0 Å². The third kappa shape index (κ3) is 4.41. The molecule has 0 saturated carbocycles. The molecule has 0 aliphatic heterocycles. The second-order valence-electron chi connectivity index (χ2n) is 4.82. The normalized spacial score (nSPS) is 12.1. The largest absolute Gasteiger partial charge is 1.00 e. The first-order valence-electron chi connectivity index (χ1n) is 6.33. The van der Waals surface area contributed by atoms with Crippen molar-refractivity contribution in [3.05, 3.63) is 62.3 Å². The van der Waals surface area contributed by atoms with Crippen LogP contribution in [0.25, 0.3) is 4.13 Å². The fourth-order valence-corrected chi connectivity index (χ4v) is 4.72. The fourth-order valence-electron chi connectivity index (χ4n) is 1.83. The van der Waals surface area contributed by atoms with E-state index in [0.29, 0.717) is 0 Å². The molecule has 0 atom stereocenters. The average molecular weight is 515 g/mol. The Labute approximate surface area is 202 Å². The van der Waals surface area contributed by atoms with E-state index in [0.717, 1.165) is 0 Å². The van der Waals surface area contributed by atoms with Crippen molar-refractivity contribution in [3.8, 4) is 0 Å². The third-order valence-corrected chi connectivity index (χ3v) is 6.37. The van der Waals surface area contributed by atoms with E-state index in [1.165, 1.54) is 0 Å². The van der Waals surface area contributed by atoms with Crippen LogP contribution < -0.4 is 51.4 Å². The second kappa shape index (κ2) is 9.00. The van der Waals surface area contributed by atoms with E-state index in [1.807, 2.05) is 0 Å². The van der Waals surface area contributed by atoms with E-state index >= 15 is 0 Å². The smallest absolute Gasteiger partial charge is 0.427 e. The molecule has 30 heavy (non-hydrogen) atoms. The molecule has 160 valence electrons. The van der Waals surface area contributed by atoms with Gasteiger partial charge in [0, 0.05) is 0 Å². The summed E-state index contributed by atoms with van der Waals surface area (Å²) in [5.74, 6) is -29.5. The van der Waals surface area contributed by atoms with Gasteiger partial charge in [0.05, 0.1) is 0 Å². The first-order valence-corrected chi connectivity index (χ1v) is 9.21. The van der Waals surface area contributed by atoms with Gasteiger partial charge in [-0.25, -0.2) is 60.7 Å². The van der Waals surface area contributed by atoms with Gasteiger partial charge in [-0.05, 0) is 0 Å². The van der Waals surface area contributed by atoms with Crippen molar-refractivity contribution in [1.82, 2.24) is 0 Å². The van der Waals surface area contributed by atoms with E-state index in [1.54, 1.807) is 4.13 Å². The number of nitrogens with zero attached hydrogens (tertiary/aromatic N) is 1. The Balaban J connectivity index is 0.00000450. The molecule has 2 rings (SSSR count). The van der Waals surface area contributed by atoms with Crippen LogP contribution in [0.5, 0.6) is 0 Å². The van der Waals surface area contributed by atoms with Crippen LogP contribution in [-0.4, -0.2) is 16.8 Å². The number of hydrogen-bond donors (Lipinski definition) is 0. The van der Waals surface area contributed by atoms with Gasteiger partial charge in [-0.15, -0.1) is 0 Å².